The molecule has 1 aromatic heterocycles. The normalized spacial score (nSPS) is 11.7. The van der Waals surface area contributed by atoms with Crippen LogP contribution in [-0.2, 0) is 26.3 Å². The molecule has 0 spiro atoms. The highest BCUT2D eigenvalue weighted by Crippen LogP contribution is 2.51. The predicted octanol–water partition coefficient (Wildman–Crippen LogP) is 8.79. The van der Waals surface area contributed by atoms with Crippen molar-refractivity contribution < 1.29 is 13.6 Å². The van der Waals surface area contributed by atoms with Gasteiger partial charge in [0.1, 0.15) is 0 Å². The van der Waals surface area contributed by atoms with Crippen LogP contribution < -0.4 is 0 Å². The second-order valence-corrected chi connectivity index (χ2v) is 11.0. The van der Waals surface area contributed by atoms with E-state index in [1.807, 2.05) is 26.0 Å². The highest BCUT2D eigenvalue weighted by atomic mass is 31.2. The SMILES string of the molecule is CCOP(=O)(Cc1ccc(-c2c(-c3ccccc3)c3ccccc3n2Cc2ccccc2)cc1)OCC. The first kappa shape index (κ1) is 25.2. The second-order valence-electron chi connectivity index (χ2n) is 8.98. The Morgan fingerprint density at radius 2 is 1.24 bits per heavy atom. The number of hydrogen-bond donors (Lipinski definition) is 0. The topological polar surface area (TPSA) is 40.5 Å². The minimum Gasteiger partial charge on any atom is -0.335 e. The number of para-hydroxylation sites is 1. The van der Waals surface area contributed by atoms with E-state index in [0.717, 1.165) is 17.7 Å². The van der Waals surface area contributed by atoms with Crippen molar-refractivity contribution in [3.8, 4) is 22.4 Å². The van der Waals surface area contributed by atoms with E-state index in [2.05, 4.69) is 102 Å². The molecule has 0 N–H and O–H groups in total. The summed E-state index contributed by atoms with van der Waals surface area (Å²) in [7, 11) is -3.17. The van der Waals surface area contributed by atoms with Crippen LogP contribution in [0.5, 0.6) is 0 Å². The number of hydrogen-bond acceptors (Lipinski definition) is 3. The number of aromatic nitrogens is 1. The first-order valence-electron chi connectivity index (χ1n) is 12.8. The average molecular weight is 510 g/mol. The molecule has 5 aromatic rings. The molecule has 0 amide bonds. The van der Waals surface area contributed by atoms with Crippen molar-refractivity contribution in [3.63, 3.8) is 0 Å². The summed E-state index contributed by atoms with van der Waals surface area (Å²) in [6, 6.07) is 38.1. The Balaban J connectivity index is 1.65. The van der Waals surface area contributed by atoms with Gasteiger partial charge < -0.3 is 13.6 Å². The van der Waals surface area contributed by atoms with E-state index in [1.54, 1.807) is 0 Å². The largest absolute Gasteiger partial charge is 0.335 e. The van der Waals surface area contributed by atoms with E-state index in [0.29, 0.717) is 13.2 Å². The summed E-state index contributed by atoms with van der Waals surface area (Å²) in [4.78, 5) is 0. The van der Waals surface area contributed by atoms with Gasteiger partial charge in [0.2, 0.25) is 0 Å². The highest BCUT2D eigenvalue weighted by molar-refractivity contribution is 7.53. The fourth-order valence-electron chi connectivity index (χ4n) is 4.94. The maximum absolute atomic E-state index is 13.1. The third-order valence-electron chi connectivity index (χ3n) is 6.47. The van der Waals surface area contributed by atoms with Gasteiger partial charge in [-0.05, 0) is 42.2 Å². The van der Waals surface area contributed by atoms with Crippen molar-refractivity contribution in [2.24, 2.45) is 0 Å². The van der Waals surface area contributed by atoms with E-state index in [1.165, 1.54) is 33.3 Å². The lowest BCUT2D eigenvalue weighted by Gasteiger charge is -2.17. The Morgan fingerprint density at radius 3 is 1.89 bits per heavy atom. The Hall–Kier alpha value is -3.43. The van der Waals surface area contributed by atoms with Crippen LogP contribution in [0, 0.1) is 0 Å². The summed E-state index contributed by atoms with van der Waals surface area (Å²) in [6.07, 6.45) is 0.257. The van der Waals surface area contributed by atoms with Gasteiger partial charge in [0.05, 0.1) is 25.1 Å². The monoisotopic (exact) mass is 509 g/mol. The lowest BCUT2D eigenvalue weighted by atomic mass is 9.98. The molecular weight excluding hydrogens is 477 g/mol. The third-order valence-corrected chi connectivity index (χ3v) is 8.53. The van der Waals surface area contributed by atoms with Crippen LogP contribution in [0.1, 0.15) is 25.0 Å². The average Bonchev–Trinajstić information content (AvgIpc) is 3.24. The molecule has 0 aliphatic carbocycles. The molecule has 0 saturated carbocycles. The maximum Gasteiger partial charge on any atom is 0.335 e. The molecule has 0 unspecified atom stereocenters. The van der Waals surface area contributed by atoms with Gasteiger partial charge in [-0.3, -0.25) is 4.57 Å². The van der Waals surface area contributed by atoms with E-state index >= 15 is 0 Å². The summed E-state index contributed by atoms with van der Waals surface area (Å²) in [5.41, 5.74) is 8.05. The van der Waals surface area contributed by atoms with Crippen LogP contribution in [0.3, 0.4) is 0 Å². The number of fused-ring (bicyclic) bond motifs is 1. The summed E-state index contributed by atoms with van der Waals surface area (Å²) < 4.78 is 26.6. The van der Waals surface area contributed by atoms with Gasteiger partial charge >= 0.3 is 7.60 Å². The molecule has 4 nitrogen and oxygen atoms in total. The van der Waals surface area contributed by atoms with Gasteiger partial charge in [-0.15, -0.1) is 0 Å². The first-order valence-corrected chi connectivity index (χ1v) is 14.5. The van der Waals surface area contributed by atoms with Gasteiger partial charge in [-0.1, -0.05) is 103 Å². The van der Waals surface area contributed by atoms with E-state index in [4.69, 9.17) is 9.05 Å². The molecular formula is C32H32NO3P. The standard InChI is InChI=1S/C32H32NO3P/c1-3-35-37(34,36-4-2)24-26-19-21-28(22-20-26)32-31(27-15-9-6-10-16-27)29-17-11-12-18-30(29)33(32)23-25-13-7-5-8-14-25/h5-22H,3-4,23-24H2,1-2H3. The second kappa shape index (κ2) is 11.3. The summed E-state index contributed by atoms with van der Waals surface area (Å²) in [6.45, 7) is 5.15. The van der Waals surface area contributed by atoms with Crippen molar-refractivity contribution in [2.75, 3.05) is 13.2 Å². The van der Waals surface area contributed by atoms with Gasteiger partial charge in [0.15, 0.2) is 0 Å². The molecule has 0 radical (unpaired) electrons. The molecule has 4 aromatic carbocycles. The lowest BCUT2D eigenvalue weighted by Crippen LogP contribution is -2.02. The van der Waals surface area contributed by atoms with Gasteiger partial charge in [-0.25, -0.2) is 0 Å². The van der Waals surface area contributed by atoms with Crippen molar-refractivity contribution in [1.82, 2.24) is 4.57 Å². The third kappa shape index (κ3) is 5.47. The number of rotatable bonds is 10. The maximum atomic E-state index is 13.1. The van der Waals surface area contributed by atoms with Gasteiger partial charge in [0, 0.05) is 23.0 Å². The first-order chi connectivity index (χ1) is 18.1. The van der Waals surface area contributed by atoms with Crippen LogP contribution in [0.15, 0.2) is 109 Å². The van der Waals surface area contributed by atoms with Gasteiger partial charge in [0.25, 0.3) is 0 Å². The van der Waals surface area contributed by atoms with Crippen LogP contribution in [0.25, 0.3) is 33.3 Å². The zero-order valence-corrected chi connectivity index (χ0v) is 22.2. The molecule has 0 aliphatic heterocycles. The predicted molar refractivity (Wildman–Crippen MR) is 153 cm³/mol. The van der Waals surface area contributed by atoms with Crippen molar-refractivity contribution >= 4 is 18.5 Å². The minimum atomic E-state index is -3.17. The molecule has 37 heavy (non-hydrogen) atoms. The number of nitrogens with zero attached hydrogens (tertiary/aromatic N) is 1. The number of benzene rings is 4. The van der Waals surface area contributed by atoms with Crippen molar-refractivity contribution in [2.45, 2.75) is 26.6 Å². The Labute approximate surface area is 219 Å². The van der Waals surface area contributed by atoms with Crippen molar-refractivity contribution in [3.05, 3.63) is 120 Å². The smallest absolute Gasteiger partial charge is 0.335 e. The quantitative estimate of drug-likeness (QED) is 0.177. The Kier molecular flexibility index (Phi) is 7.71. The molecule has 5 rings (SSSR count). The zero-order valence-electron chi connectivity index (χ0n) is 21.3. The lowest BCUT2D eigenvalue weighted by molar-refractivity contribution is 0.219. The molecule has 0 atom stereocenters. The van der Waals surface area contributed by atoms with Gasteiger partial charge in [-0.2, -0.15) is 0 Å². The van der Waals surface area contributed by atoms with E-state index in [9.17, 15) is 4.57 Å². The minimum absolute atomic E-state index is 0.257. The van der Waals surface area contributed by atoms with Crippen LogP contribution >= 0.6 is 7.60 Å². The summed E-state index contributed by atoms with van der Waals surface area (Å²) in [5.74, 6) is 0. The zero-order chi connectivity index (χ0) is 25.7. The summed E-state index contributed by atoms with van der Waals surface area (Å²) in [5, 5.41) is 1.22. The summed E-state index contributed by atoms with van der Waals surface area (Å²) >= 11 is 0. The molecule has 5 heteroatoms. The molecule has 0 saturated heterocycles. The fraction of sp³-hybridized carbons (Fsp3) is 0.188. The Bertz CT molecular complexity index is 1500. The molecule has 188 valence electrons. The van der Waals surface area contributed by atoms with Crippen LogP contribution in [0.4, 0.5) is 0 Å². The van der Waals surface area contributed by atoms with Crippen molar-refractivity contribution in [1.29, 1.82) is 0 Å². The van der Waals surface area contributed by atoms with Crippen LogP contribution in [-0.4, -0.2) is 17.8 Å². The highest BCUT2D eigenvalue weighted by Gasteiger charge is 2.25. The van der Waals surface area contributed by atoms with Crippen LogP contribution in [0.2, 0.25) is 0 Å². The molecule has 0 bridgehead atoms. The molecule has 0 aliphatic rings. The Morgan fingerprint density at radius 1 is 0.649 bits per heavy atom. The van der Waals surface area contributed by atoms with E-state index < -0.39 is 7.60 Å². The fourth-order valence-corrected chi connectivity index (χ4v) is 6.65. The molecule has 1 heterocycles. The molecule has 0 fully saturated rings. The van der Waals surface area contributed by atoms with E-state index in [-0.39, 0.29) is 6.16 Å².